The highest BCUT2D eigenvalue weighted by Gasteiger charge is 2.26. The van der Waals surface area contributed by atoms with Gasteiger partial charge in [-0.25, -0.2) is 4.98 Å². The average molecular weight is 595 g/mol. The number of H-pyrrole nitrogens is 1. The van der Waals surface area contributed by atoms with Crippen molar-refractivity contribution < 1.29 is 18.3 Å². The summed E-state index contributed by atoms with van der Waals surface area (Å²) in [6, 6.07) is 5.30. The van der Waals surface area contributed by atoms with E-state index in [2.05, 4.69) is 52.3 Å². The van der Waals surface area contributed by atoms with Gasteiger partial charge < -0.3 is 29.7 Å². The van der Waals surface area contributed by atoms with E-state index in [1.807, 2.05) is 31.3 Å². The average Bonchev–Trinajstić information content (AvgIpc) is 2.99. The Morgan fingerprint density at radius 1 is 1.23 bits per heavy atom. The molecule has 1 unspecified atom stereocenters. The number of aromatic nitrogens is 2. The van der Waals surface area contributed by atoms with Crippen LogP contribution < -0.4 is 20.5 Å². The van der Waals surface area contributed by atoms with Crippen molar-refractivity contribution in [3.8, 4) is 5.75 Å². The van der Waals surface area contributed by atoms with E-state index in [4.69, 9.17) is 4.98 Å². The summed E-state index contributed by atoms with van der Waals surface area (Å²) in [6.07, 6.45) is 8.04. The number of alkyl halides is 2. The van der Waals surface area contributed by atoms with E-state index >= 15 is 0 Å². The maximum atomic E-state index is 13.7. The van der Waals surface area contributed by atoms with Crippen LogP contribution in [-0.4, -0.2) is 65.5 Å². The van der Waals surface area contributed by atoms with Gasteiger partial charge in [-0.2, -0.15) is 8.78 Å². The molecule has 2 aliphatic rings. The van der Waals surface area contributed by atoms with Crippen LogP contribution in [0.15, 0.2) is 71.1 Å². The fourth-order valence-corrected chi connectivity index (χ4v) is 5.10. The number of carbonyl (C=O) groups excluding carboxylic acids is 1. The van der Waals surface area contributed by atoms with E-state index < -0.39 is 18.1 Å². The Kier molecular flexibility index (Phi) is 10.2. The lowest BCUT2D eigenvalue weighted by Crippen LogP contribution is -2.44. The van der Waals surface area contributed by atoms with Crippen molar-refractivity contribution in [1.82, 2.24) is 25.1 Å². The normalized spacial score (nSPS) is 17.8. The zero-order valence-corrected chi connectivity index (χ0v) is 25.4. The van der Waals surface area contributed by atoms with Crippen LogP contribution in [0, 0.1) is 12.8 Å². The second kappa shape index (κ2) is 13.8. The van der Waals surface area contributed by atoms with E-state index in [-0.39, 0.29) is 29.5 Å². The topological polar surface area (TPSA) is 93.8 Å². The number of aryl methyl sites for hydroxylation is 1. The lowest BCUT2D eigenvalue weighted by Gasteiger charge is -2.33. The van der Waals surface area contributed by atoms with Gasteiger partial charge in [-0.15, -0.1) is 0 Å². The second-order valence-corrected chi connectivity index (χ2v) is 10.9. The summed E-state index contributed by atoms with van der Waals surface area (Å²) >= 11 is 0. The Morgan fingerprint density at radius 3 is 2.56 bits per heavy atom. The monoisotopic (exact) mass is 594 g/mol. The van der Waals surface area contributed by atoms with Crippen molar-refractivity contribution in [1.29, 1.82) is 0 Å². The molecule has 11 heteroatoms. The number of hydrogen-bond acceptors (Lipinski definition) is 7. The molecule has 4 rings (SSSR count). The maximum absolute atomic E-state index is 13.7. The lowest BCUT2D eigenvalue weighted by molar-refractivity contribution is -0.118. The van der Waals surface area contributed by atoms with Gasteiger partial charge >= 0.3 is 6.61 Å². The van der Waals surface area contributed by atoms with Crippen molar-refractivity contribution in [3.63, 3.8) is 0 Å². The molecule has 0 saturated carbocycles. The van der Waals surface area contributed by atoms with Crippen LogP contribution in [0.4, 0.5) is 14.6 Å². The molecule has 1 atom stereocenters. The molecular formula is C32H40F2N6O3. The first-order chi connectivity index (χ1) is 20.5. The number of allylic oxidation sites excluding steroid dienone is 4. The molecule has 2 aliphatic heterocycles. The molecule has 1 amide bonds. The third kappa shape index (κ3) is 7.40. The predicted molar refractivity (Wildman–Crippen MR) is 164 cm³/mol. The molecule has 43 heavy (non-hydrogen) atoms. The van der Waals surface area contributed by atoms with Crippen LogP contribution in [0.25, 0.3) is 5.57 Å². The molecular weight excluding hydrogens is 554 g/mol. The largest absolute Gasteiger partial charge is 0.434 e. The van der Waals surface area contributed by atoms with Gasteiger partial charge in [-0.05, 0) is 68.7 Å². The molecule has 0 radical (unpaired) electrons. The Balaban J connectivity index is 1.68. The van der Waals surface area contributed by atoms with Gasteiger partial charge in [-0.3, -0.25) is 9.59 Å². The van der Waals surface area contributed by atoms with Crippen molar-refractivity contribution in [2.45, 2.75) is 47.3 Å². The third-order valence-corrected chi connectivity index (χ3v) is 8.05. The Labute approximate surface area is 251 Å². The quantitative estimate of drug-likeness (QED) is 0.409. The number of hydrogen-bond donors (Lipinski definition) is 2. The van der Waals surface area contributed by atoms with Crippen LogP contribution in [0.2, 0.25) is 0 Å². The third-order valence-electron chi connectivity index (χ3n) is 8.05. The fourth-order valence-electron chi connectivity index (χ4n) is 5.10. The molecule has 1 fully saturated rings. The number of likely N-dealkylation sites (N-methyl/N-ethyl adjacent to an activating group) is 1. The maximum Gasteiger partial charge on any atom is 0.387 e. The Bertz CT molecular complexity index is 1490. The van der Waals surface area contributed by atoms with Gasteiger partial charge in [0.2, 0.25) is 0 Å². The Hall–Kier alpha value is -4.25. The van der Waals surface area contributed by atoms with Crippen LogP contribution in [0.1, 0.15) is 44.0 Å². The molecule has 0 spiro atoms. The first kappa shape index (κ1) is 31.7. The van der Waals surface area contributed by atoms with Crippen molar-refractivity contribution in [3.05, 3.63) is 93.5 Å². The van der Waals surface area contributed by atoms with Gasteiger partial charge in [-0.1, -0.05) is 20.4 Å². The summed E-state index contributed by atoms with van der Waals surface area (Å²) in [4.78, 5) is 39.8. The predicted octanol–water partition coefficient (Wildman–Crippen LogP) is 4.79. The molecule has 2 N–H and O–H groups in total. The minimum atomic E-state index is -3.12. The van der Waals surface area contributed by atoms with Crippen LogP contribution >= 0.6 is 0 Å². The van der Waals surface area contributed by atoms with Crippen molar-refractivity contribution in [2.75, 3.05) is 38.1 Å². The van der Waals surface area contributed by atoms with E-state index in [0.717, 1.165) is 60.8 Å². The number of ether oxygens (including phenoxy) is 1. The second-order valence-electron chi connectivity index (χ2n) is 10.9. The molecule has 2 aromatic heterocycles. The number of piperazine rings is 1. The van der Waals surface area contributed by atoms with Gasteiger partial charge in [0, 0.05) is 61.6 Å². The van der Waals surface area contributed by atoms with E-state index in [0.29, 0.717) is 5.69 Å². The summed E-state index contributed by atoms with van der Waals surface area (Å²) in [5.74, 6) is 0.342. The molecule has 1 saturated heterocycles. The summed E-state index contributed by atoms with van der Waals surface area (Å²) in [5, 5.41) is 2.72. The van der Waals surface area contributed by atoms with Crippen molar-refractivity contribution in [2.24, 2.45) is 5.92 Å². The van der Waals surface area contributed by atoms with Crippen LogP contribution in [0.3, 0.4) is 0 Å². The minimum Gasteiger partial charge on any atom is -0.434 e. The molecule has 2 aromatic rings. The first-order valence-corrected chi connectivity index (χ1v) is 14.4. The van der Waals surface area contributed by atoms with Gasteiger partial charge in [0.25, 0.3) is 11.5 Å². The highest BCUT2D eigenvalue weighted by Crippen LogP contribution is 2.34. The molecule has 9 nitrogen and oxygen atoms in total. The molecule has 0 aliphatic carbocycles. The highest BCUT2D eigenvalue weighted by molar-refractivity contribution is 5.98. The molecule has 230 valence electrons. The molecule has 4 heterocycles. The number of aromatic amines is 1. The number of nitrogens with one attached hydrogen (secondary N) is 2. The number of amides is 1. The first-order valence-electron chi connectivity index (χ1n) is 14.4. The Morgan fingerprint density at radius 2 is 1.95 bits per heavy atom. The molecule has 0 aromatic carbocycles. The molecule has 0 bridgehead atoms. The van der Waals surface area contributed by atoms with Crippen molar-refractivity contribution >= 4 is 17.3 Å². The number of pyridine rings is 2. The van der Waals surface area contributed by atoms with Gasteiger partial charge in [0.1, 0.15) is 17.3 Å². The summed E-state index contributed by atoms with van der Waals surface area (Å²) in [5.41, 5.74) is 3.42. The smallest absolute Gasteiger partial charge is 0.387 e. The summed E-state index contributed by atoms with van der Waals surface area (Å²) in [7, 11) is 2.11. The lowest BCUT2D eigenvalue weighted by atomic mass is 9.93. The van der Waals surface area contributed by atoms with E-state index in [1.54, 1.807) is 24.1 Å². The standard InChI is InChI=1S/C32H40F2N6O3/c1-7-20(3)22(5)26-16-24(23-9-10-29(35-18-23)39-13-11-38(6)12-14-39)17-27(40(26)8-2)31(42)36-19-25-28(43-32(33)34)15-21(4)37-30(25)41/h8-10,15-18,20,32H,2,7,11-14,19H2,1,3-6H3,(H,36,42)(H,37,41)/b26-22+. The SMILES string of the molecule is C=CN1C(C(=O)NCc2c(OC(F)F)cc(C)[nH]c2=O)=CC(c2ccc(N3CCN(C)CC3)nc2)=C/C1=C(/C)C(C)CC. The number of rotatable bonds is 10. The number of halogens is 2. The van der Waals surface area contributed by atoms with E-state index in [9.17, 15) is 18.4 Å². The van der Waals surface area contributed by atoms with Gasteiger partial charge in [0.15, 0.2) is 0 Å². The zero-order chi connectivity index (χ0) is 31.3. The zero-order valence-electron chi connectivity index (χ0n) is 25.4. The van der Waals surface area contributed by atoms with Crippen LogP contribution in [0.5, 0.6) is 5.75 Å². The fraction of sp³-hybridized carbons (Fsp3) is 0.406. The minimum absolute atomic E-state index is 0.105. The summed E-state index contributed by atoms with van der Waals surface area (Å²) in [6.45, 7) is 12.1. The number of anilines is 1. The highest BCUT2D eigenvalue weighted by atomic mass is 19.3. The number of carbonyl (C=O) groups is 1. The summed E-state index contributed by atoms with van der Waals surface area (Å²) < 4.78 is 30.7. The van der Waals surface area contributed by atoms with Gasteiger partial charge in [0.05, 0.1) is 12.1 Å². The van der Waals surface area contributed by atoms with Crippen LogP contribution in [-0.2, 0) is 11.3 Å². The van der Waals surface area contributed by atoms with E-state index in [1.165, 1.54) is 6.07 Å². The number of nitrogens with zero attached hydrogens (tertiary/aromatic N) is 4.